The number of amides is 1. The fourth-order valence-electron chi connectivity index (χ4n) is 3.90. The average molecular weight is 402 g/mol. The highest BCUT2D eigenvalue weighted by Gasteiger charge is 2.36. The number of anilines is 2. The van der Waals surface area contributed by atoms with Gasteiger partial charge in [0, 0.05) is 23.2 Å². The van der Waals surface area contributed by atoms with E-state index in [1.54, 1.807) is 0 Å². The number of rotatable bonds is 4. The number of carbonyl (C=O) groups is 1. The van der Waals surface area contributed by atoms with Crippen LogP contribution in [0.25, 0.3) is 0 Å². The van der Waals surface area contributed by atoms with Crippen LogP contribution >= 0.6 is 0 Å². The zero-order valence-corrected chi connectivity index (χ0v) is 17.9. The Hall–Kier alpha value is -3.34. The molecule has 0 bridgehead atoms. The summed E-state index contributed by atoms with van der Waals surface area (Å²) in [5, 5.41) is 7.63. The van der Waals surface area contributed by atoms with Crippen LogP contribution in [0.2, 0.25) is 0 Å². The highest BCUT2D eigenvalue weighted by atomic mass is 16.4. The van der Waals surface area contributed by atoms with Gasteiger partial charge in [-0.05, 0) is 49.9 Å². The van der Waals surface area contributed by atoms with Crippen LogP contribution in [0, 0.1) is 19.3 Å². The minimum Gasteiger partial charge on any atom is -0.455 e. The van der Waals surface area contributed by atoms with Crippen molar-refractivity contribution in [3.63, 3.8) is 0 Å². The summed E-state index contributed by atoms with van der Waals surface area (Å²) < 4.78 is 6.09. The first-order valence-corrected chi connectivity index (χ1v) is 10.2. The molecule has 1 amide bonds. The first-order chi connectivity index (χ1) is 14.3. The van der Waals surface area contributed by atoms with Gasteiger partial charge < -0.3 is 9.73 Å². The molecule has 2 N–H and O–H groups in total. The number of hydrogen-bond donors (Lipinski definition) is 2. The number of hydrazone groups is 1. The third kappa shape index (κ3) is 4.15. The van der Waals surface area contributed by atoms with Crippen molar-refractivity contribution in [2.45, 2.75) is 40.5 Å². The molecule has 0 unspecified atom stereocenters. The first kappa shape index (κ1) is 20.0. The van der Waals surface area contributed by atoms with Crippen LogP contribution in [0.4, 0.5) is 11.4 Å². The molecule has 0 atom stereocenters. The van der Waals surface area contributed by atoms with Gasteiger partial charge in [0.25, 0.3) is 5.91 Å². The molecule has 0 radical (unpaired) electrons. The molecule has 0 fully saturated rings. The van der Waals surface area contributed by atoms with Gasteiger partial charge in [0.05, 0.1) is 11.4 Å². The Bertz CT molecular complexity index is 1090. The van der Waals surface area contributed by atoms with Gasteiger partial charge in [0.2, 0.25) is 0 Å². The lowest BCUT2D eigenvalue weighted by atomic mass is 9.75. The van der Waals surface area contributed by atoms with E-state index in [-0.39, 0.29) is 11.3 Å². The summed E-state index contributed by atoms with van der Waals surface area (Å²) in [6.45, 7) is 8.33. The maximum Gasteiger partial charge on any atom is 0.291 e. The number of nitrogens with one attached hydrogen (secondary N) is 2. The lowest BCUT2D eigenvalue weighted by Crippen LogP contribution is -2.27. The Morgan fingerprint density at radius 3 is 2.37 bits per heavy atom. The van der Waals surface area contributed by atoms with Gasteiger partial charge in [0.15, 0.2) is 5.76 Å². The maximum absolute atomic E-state index is 12.9. The Kier molecular flexibility index (Phi) is 5.20. The van der Waals surface area contributed by atoms with Crippen molar-refractivity contribution in [2.75, 3.05) is 10.7 Å². The third-order valence-corrected chi connectivity index (χ3v) is 5.40. The molecule has 1 aliphatic carbocycles. The predicted octanol–water partition coefficient (Wildman–Crippen LogP) is 5.94. The van der Waals surface area contributed by atoms with Gasteiger partial charge in [-0.25, -0.2) is 0 Å². The molecule has 2 aromatic carbocycles. The summed E-state index contributed by atoms with van der Waals surface area (Å²) in [7, 11) is 0. The van der Waals surface area contributed by atoms with Gasteiger partial charge in [0.1, 0.15) is 5.76 Å². The zero-order valence-electron chi connectivity index (χ0n) is 17.9. The first-order valence-electron chi connectivity index (χ1n) is 10.2. The van der Waals surface area contributed by atoms with Crippen LogP contribution in [0.15, 0.2) is 64.1 Å². The number of fused-ring (bicyclic) bond motifs is 1. The van der Waals surface area contributed by atoms with Crippen LogP contribution in [-0.2, 0) is 6.42 Å². The van der Waals surface area contributed by atoms with Crippen LogP contribution < -0.4 is 10.7 Å². The van der Waals surface area contributed by atoms with Crippen molar-refractivity contribution in [2.24, 2.45) is 10.5 Å². The number of nitrogens with zero attached hydrogens (tertiary/aromatic N) is 1. The van der Waals surface area contributed by atoms with Crippen molar-refractivity contribution < 1.29 is 9.21 Å². The molecule has 154 valence electrons. The molecule has 5 heteroatoms. The number of furan rings is 1. The van der Waals surface area contributed by atoms with E-state index in [1.165, 1.54) is 0 Å². The van der Waals surface area contributed by atoms with Gasteiger partial charge >= 0.3 is 0 Å². The SMILES string of the molecule is Cc1ccc(NC(=O)c2oc3c(c2C)/C(=N\Nc2ccccc2)CC(C)(C)C3)cc1. The fourth-order valence-corrected chi connectivity index (χ4v) is 3.90. The summed E-state index contributed by atoms with van der Waals surface area (Å²) in [5.74, 6) is 0.941. The second kappa shape index (κ2) is 7.82. The van der Waals surface area contributed by atoms with Gasteiger partial charge in [-0.1, -0.05) is 49.7 Å². The molecule has 1 aromatic heterocycles. The Morgan fingerprint density at radius 1 is 0.967 bits per heavy atom. The van der Waals surface area contributed by atoms with E-state index in [9.17, 15) is 4.79 Å². The second-order valence-electron chi connectivity index (χ2n) is 8.73. The minimum absolute atomic E-state index is 0.000796. The zero-order chi connectivity index (χ0) is 21.3. The standard InChI is InChI=1S/C25H27N3O2/c1-16-10-12-18(13-11-16)26-24(29)23-17(2)22-20(14-25(3,4)15-21(22)30-23)28-27-19-8-6-5-7-9-19/h5-13,27H,14-15H2,1-4H3,(H,26,29)/b28-20-. The Labute approximate surface area is 177 Å². The number of carbonyl (C=O) groups excluding carboxylic acids is 1. The van der Waals surface area contributed by atoms with Crippen LogP contribution in [0.5, 0.6) is 0 Å². The van der Waals surface area contributed by atoms with E-state index < -0.39 is 0 Å². The Morgan fingerprint density at radius 2 is 1.67 bits per heavy atom. The summed E-state index contributed by atoms with van der Waals surface area (Å²) >= 11 is 0. The molecule has 0 aliphatic heterocycles. The third-order valence-electron chi connectivity index (χ3n) is 5.40. The van der Waals surface area contributed by atoms with Crippen molar-refractivity contribution >= 4 is 23.0 Å². The Balaban J connectivity index is 1.66. The monoisotopic (exact) mass is 401 g/mol. The molecule has 4 rings (SSSR count). The van der Waals surface area contributed by atoms with E-state index >= 15 is 0 Å². The lowest BCUT2D eigenvalue weighted by Gasteiger charge is -2.29. The van der Waals surface area contributed by atoms with Crippen molar-refractivity contribution in [3.8, 4) is 0 Å². The highest BCUT2D eigenvalue weighted by molar-refractivity contribution is 6.09. The second-order valence-corrected chi connectivity index (χ2v) is 8.73. The molecule has 0 saturated heterocycles. The molecule has 30 heavy (non-hydrogen) atoms. The quantitative estimate of drug-likeness (QED) is 0.532. The van der Waals surface area contributed by atoms with Crippen molar-refractivity contribution in [3.05, 3.63) is 82.8 Å². The molecule has 3 aromatic rings. The molecule has 0 saturated carbocycles. The van der Waals surface area contributed by atoms with E-state index in [0.717, 1.165) is 52.4 Å². The number of aryl methyl sites for hydroxylation is 1. The van der Waals surface area contributed by atoms with Crippen molar-refractivity contribution in [1.82, 2.24) is 0 Å². The fraction of sp³-hybridized carbons (Fsp3) is 0.280. The molecular formula is C25H27N3O2. The normalized spacial score (nSPS) is 16.2. The smallest absolute Gasteiger partial charge is 0.291 e. The predicted molar refractivity (Wildman–Crippen MR) is 121 cm³/mol. The van der Waals surface area contributed by atoms with Crippen LogP contribution in [0.1, 0.15) is 53.3 Å². The van der Waals surface area contributed by atoms with Crippen molar-refractivity contribution in [1.29, 1.82) is 0 Å². The van der Waals surface area contributed by atoms with Gasteiger partial charge in [-0.3, -0.25) is 10.2 Å². The summed E-state index contributed by atoms with van der Waals surface area (Å²) in [4.78, 5) is 12.9. The molecule has 5 nitrogen and oxygen atoms in total. The largest absolute Gasteiger partial charge is 0.455 e. The number of benzene rings is 2. The molecular weight excluding hydrogens is 374 g/mol. The summed E-state index contributed by atoms with van der Waals surface area (Å²) in [6.07, 6.45) is 1.57. The highest BCUT2D eigenvalue weighted by Crippen LogP contribution is 2.39. The lowest BCUT2D eigenvalue weighted by molar-refractivity contribution is 0.0993. The summed E-state index contributed by atoms with van der Waals surface area (Å²) in [5.41, 5.74) is 8.67. The molecule has 1 heterocycles. The van der Waals surface area contributed by atoms with Crippen LogP contribution in [0.3, 0.4) is 0 Å². The van der Waals surface area contributed by atoms with E-state index in [4.69, 9.17) is 9.52 Å². The average Bonchev–Trinajstić information content (AvgIpc) is 3.04. The topological polar surface area (TPSA) is 66.6 Å². The van der Waals surface area contributed by atoms with E-state index in [2.05, 4.69) is 24.6 Å². The molecule has 1 aliphatic rings. The number of para-hydroxylation sites is 1. The van der Waals surface area contributed by atoms with E-state index in [1.807, 2.05) is 68.4 Å². The number of hydrogen-bond acceptors (Lipinski definition) is 4. The van der Waals surface area contributed by atoms with Gasteiger partial charge in [-0.15, -0.1) is 0 Å². The maximum atomic E-state index is 12.9. The molecule has 0 spiro atoms. The summed E-state index contributed by atoms with van der Waals surface area (Å²) in [6, 6.07) is 17.6. The van der Waals surface area contributed by atoms with E-state index in [0.29, 0.717) is 5.76 Å². The minimum atomic E-state index is -0.237. The van der Waals surface area contributed by atoms with Gasteiger partial charge in [-0.2, -0.15) is 5.10 Å². The van der Waals surface area contributed by atoms with Crippen LogP contribution in [-0.4, -0.2) is 11.6 Å².